The van der Waals surface area contributed by atoms with Gasteiger partial charge in [-0.25, -0.2) is 12.7 Å². The van der Waals surface area contributed by atoms with E-state index in [9.17, 15) is 8.42 Å². The molecule has 6 nitrogen and oxygen atoms in total. The van der Waals surface area contributed by atoms with Crippen LogP contribution in [-0.4, -0.2) is 31.9 Å². The summed E-state index contributed by atoms with van der Waals surface area (Å²) in [4.78, 5) is 0.203. The Morgan fingerprint density at radius 2 is 2.00 bits per heavy atom. The zero-order chi connectivity index (χ0) is 17.0. The van der Waals surface area contributed by atoms with Gasteiger partial charge in [-0.2, -0.15) is 0 Å². The standard InChI is InChI=1S/C15H19N3O3S2/c1-11(14-8-5-9-21-14)16-15(22)17-12-6-4-7-13(10-12)23(19,20)18(2)3/h4-11H,1-3H3,(H2,16,17,22)/t11-/m0/s1. The Balaban J connectivity index is 2.07. The molecule has 2 aromatic rings. The van der Waals surface area contributed by atoms with Crippen LogP contribution in [0, 0.1) is 0 Å². The Morgan fingerprint density at radius 3 is 2.61 bits per heavy atom. The van der Waals surface area contributed by atoms with Crippen LogP contribution >= 0.6 is 12.2 Å². The van der Waals surface area contributed by atoms with Gasteiger partial charge >= 0.3 is 0 Å². The fraction of sp³-hybridized carbons (Fsp3) is 0.267. The fourth-order valence-corrected chi connectivity index (χ4v) is 3.16. The molecule has 2 rings (SSSR count). The molecule has 0 aliphatic heterocycles. The normalized spacial score (nSPS) is 12.9. The third-order valence-corrected chi connectivity index (χ3v) is 5.22. The maximum atomic E-state index is 12.1. The number of hydrogen-bond acceptors (Lipinski definition) is 4. The molecule has 0 spiro atoms. The summed E-state index contributed by atoms with van der Waals surface area (Å²) in [6, 6.07) is 10.1. The Hall–Kier alpha value is -1.90. The topological polar surface area (TPSA) is 74.6 Å². The van der Waals surface area contributed by atoms with Gasteiger partial charge in [0.25, 0.3) is 0 Å². The predicted octanol–water partition coefficient (Wildman–Crippen LogP) is 2.58. The number of nitrogens with zero attached hydrogens (tertiary/aromatic N) is 1. The van der Waals surface area contributed by atoms with Crippen molar-refractivity contribution in [3.05, 3.63) is 48.4 Å². The van der Waals surface area contributed by atoms with Crippen LogP contribution in [0.25, 0.3) is 0 Å². The quantitative estimate of drug-likeness (QED) is 0.805. The van der Waals surface area contributed by atoms with Gasteiger partial charge in [0.05, 0.1) is 17.2 Å². The highest BCUT2D eigenvalue weighted by molar-refractivity contribution is 7.89. The number of anilines is 1. The van der Waals surface area contributed by atoms with Crippen molar-refractivity contribution >= 4 is 33.0 Å². The molecule has 0 saturated heterocycles. The summed E-state index contributed by atoms with van der Waals surface area (Å²) in [6.07, 6.45) is 1.60. The maximum absolute atomic E-state index is 12.1. The van der Waals surface area contributed by atoms with Gasteiger partial charge in [-0.3, -0.25) is 0 Å². The number of furan rings is 1. The Labute approximate surface area is 141 Å². The number of benzene rings is 1. The lowest BCUT2D eigenvalue weighted by atomic mass is 10.2. The average molecular weight is 353 g/mol. The monoisotopic (exact) mass is 353 g/mol. The van der Waals surface area contributed by atoms with Crippen molar-refractivity contribution in [2.75, 3.05) is 19.4 Å². The Morgan fingerprint density at radius 1 is 1.26 bits per heavy atom. The van der Waals surface area contributed by atoms with Crippen LogP contribution in [-0.2, 0) is 10.0 Å². The van der Waals surface area contributed by atoms with E-state index < -0.39 is 10.0 Å². The highest BCUT2D eigenvalue weighted by atomic mass is 32.2. The van der Waals surface area contributed by atoms with Crippen molar-refractivity contribution in [2.45, 2.75) is 17.9 Å². The third-order valence-electron chi connectivity index (χ3n) is 3.19. The molecule has 0 aliphatic rings. The molecule has 0 bridgehead atoms. The van der Waals surface area contributed by atoms with E-state index in [0.717, 1.165) is 5.76 Å². The number of thiocarbonyl (C=S) groups is 1. The summed E-state index contributed by atoms with van der Waals surface area (Å²) in [7, 11) is -0.494. The molecule has 1 heterocycles. The molecule has 1 aromatic carbocycles. The zero-order valence-corrected chi connectivity index (χ0v) is 14.7. The van der Waals surface area contributed by atoms with Crippen molar-refractivity contribution in [1.29, 1.82) is 0 Å². The van der Waals surface area contributed by atoms with E-state index in [1.54, 1.807) is 36.6 Å². The second kappa shape index (κ2) is 7.12. The summed E-state index contributed by atoms with van der Waals surface area (Å²) in [5.74, 6) is 0.762. The lowest BCUT2D eigenvalue weighted by Gasteiger charge is -2.16. The minimum atomic E-state index is -3.48. The summed E-state index contributed by atoms with van der Waals surface area (Å²) >= 11 is 5.25. The van der Waals surface area contributed by atoms with E-state index in [2.05, 4.69) is 10.6 Å². The average Bonchev–Trinajstić information content (AvgIpc) is 3.01. The van der Waals surface area contributed by atoms with Gasteiger partial charge in [-0.15, -0.1) is 0 Å². The molecule has 23 heavy (non-hydrogen) atoms. The summed E-state index contributed by atoms with van der Waals surface area (Å²) < 4.78 is 30.8. The summed E-state index contributed by atoms with van der Waals surface area (Å²) in [5.41, 5.74) is 0.595. The number of rotatable bonds is 5. The molecule has 0 saturated carbocycles. The van der Waals surface area contributed by atoms with E-state index in [1.807, 2.05) is 13.0 Å². The van der Waals surface area contributed by atoms with Crippen LogP contribution in [0.15, 0.2) is 52.0 Å². The summed E-state index contributed by atoms with van der Waals surface area (Å²) in [6.45, 7) is 1.92. The van der Waals surface area contributed by atoms with Crippen LogP contribution in [0.2, 0.25) is 0 Å². The molecule has 0 amide bonds. The van der Waals surface area contributed by atoms with E-state index in [0.29, 0.717) is 10.8 Å². The van der Waals surface area contributed by atoms with Gasteiger partial charge in [0, 0.05) is 19.8 Å². The lowest BCUT2D eigenvalue weighted by molar-refractivity contribution is 0.464. The molecule has 8 heteroatoms. The van der Waals surface area contributed by atoms with Crippen molar-refractivity contribution in [3.63, 3.8) is 0 Å². The molecule has 1 aromatic heterocycles. The van der Waals surface area contributed by atoms with E-state index in [4.69, 9.17) is 16.6 Å². The number of hydrogen-bond donors (Lipinski definition) is 2. The first-order chi connectivity index (χ1) is 10.8. The van der Waals surface area contributed by atoms with Crippen molar-refractivity contribution in [1.82, 2.24) is 9.62 Å². The van der Waals surface area contributed by atoms with Crippen molar-refractivity contribution in [3.8, 4) is 0 Å². The molecule has 1 atom stereocenters. The van der Waals surface area contributed by atoms with E-state index in [1.165, 1.54) is 18.4 Å². The smallest absolute Gasteiger partial charge is 0.242 e. The van der Waals surface area contributed by atoms with Crippen LogP contribution in [0.5, 0.6) is 0 Å². The minimum Gasteiger partial charge on any atom is -0.467 e. The molecule has 0 radical (unpaired) electrons. The molecule has 2 N–H and O–H groups in total. The zero-order valence-electron chi connectivity index (χ0n) is 13.1. The molecule has 0 aliphatic carbocycles. The summed E-state index contributed by atoms with van der Waals surface area (Å²) in [5, 5.41) is 6.44. The number of nitrogens with one attached hydrogen (secondary N) is 2. The van der Waals surface area contributed by atoms with Crippen molar-refractivity contribution < 1.29 is 12.8 Å². The van der Waals surface area contributed by atoms with Crippen LogP contribution in [0.1, 0.15) is 18.7 Å². The maximum Gasteiger partial charge on any atom is 0.242 e. The van der Waals surface area contributed by atoms with Crippen LogP contribution in [0.3, 0.4) is 0 Å². The highest BCUT2D eigenvalue weighted by Gasteiger charge is 2.17. The molecule has 0 unspecified atom stereocenters. The van der Waals surface area contributed by atoms with E-state index in [-0.39, 0.29) is 10.9 Å². The van der Waals surface area contributed by atoms with Crippen molar-refractivity contribution in [2.24, 2.45) is 0 Å². The largest absolute Gasteiger partial charge is 0.467 e. The van der Waals surface area contributed by atoms with E-state index >= 15 is 0 Å². The molecule has 124 valence electrons. The first-order valence-electron chi connectivity index (χ1n) is 6.94. The lowest BCUT2D eigenvalue weighted by Crippen LogP contribution is -2.30. The highest BCUT2D eigenvalue weighted by Crippen LogP contribution is 2.18. The Kier molecular flexibility index (Phi) is 5.40. The van der Waals surface area contributed by atoms with Gasteiger partial charge in [0.15, 0.2) is 5.11 Å². The Bertz CT molecular complexity index is 771. The SMILES string of the molecule is C[C@H](NC(=S)Nc1cccc(S(=O)(=O)N(C)C)c1)c1ccco1. The third kappa shape index (κ3) is 4.31. The van der Waals surface area contributed by atoms with Crippen LogP contribution in [0.4, 0.5) is 5.69 Å². The second-order valence-electron chi connectivity index (χ2n) is 5.15. The first kappa shape index (κ1) is 17.5. The number of sulfonamides is 1. The first-order valence-corrected chi connectivity index (χ1v) is 8.79. The molecule has 0 fully saturated rings. The fourth-order valence-electron chi connectivity index (χ4n) is 1.92. The predicted molar refractivity (Wildman–Crippen MR) is 93.8 cm³/mol. The van der Waals surface area contributed by atoms with Gasteiger partial charge in [0.1, 0.15) is 5.76 Å². The van der Waals surface area contributed by atoms with Crippen LogP contribution < -0.4 is 10.6 Å². The second-order valence-corrected chi connectivity index (χ2v) is 7.71. The molecular weight excluding hydrogens is 334 g/mol. The molecular formula is C15H19N3O3S2. The van der Waals surface area contributed by atoms with Gasteiger partial charge < -0.3 is 15.1 Å². The van der Waals surface area contributed by atoms with Gasteiger partial charge in [-0.1, -0.05) is 6.07 Å². The van der Waals surface area contributed by atoms with Gasteiger partial charge in [0.2, 0.25) is 10.0 Å². The van der Waals surface area contributed by atoms with Gasteiger partial charge in [-0.05, 0) is 49.5 Å². The minimum absolute atomic E-state index is 0.0984.